The zero-order chi connectivity index (χ0) is 21.1. The molecule has 0 aromatic heterocycles. The molecular formula is C24H27NO5. The Morgan fingerprint density at radius 3 is 2.30 bits per heavy atom. The average molecular weight is 409 g/mol. The molecule has 1 aliphatic carbocycles. The molecule has 0 spiro atoms. The van der Waals surface area contributed by atoms with Crippen LogP contribution in [0, 0.1) is 0 Å². The van der Waals surface area contributed by atoms with Crippen molar-refractivity contribution in [3.05, 3.63) is 59.7 Å². The second-order valence-corrected chi connectivity index (χ2v) is 8.29. The summed E-state index contributed by atoms with van der Waals surface area (Å²) in [5.74, 6) is -1.02. The van der Waals surface area contributed by atoms with E-state index in [4.69, 9.17) is 9.47 Å². The number of fused-ring (bicyclic) bond motifs is 3. The number of carboxylic acids is 1. The maximum Gasteiger partial charge on any atom is 0.407 e. The van der Waals surface area contributed by atoms with E-state index in [1.165, 1.54) is 0 Å². The van der Waals surface area contributed by atoms with Crippen molar-refractivity contribution in [2.45, 2.75) is 50.2 Å². The van der Waals surface area contributed by atoms with E-state index in [2.05, 4.69) is 29.6 Å². The Morgan fingerprint density at radius 2 is 1.73 bits per heavy atom. The first kappa shape index (κ1) is 20.4. The second kappa shape index (κ2) is 8.48. The molecule has 0 radical (unpaired) electrons. The van der Waals surface area contributed by atoms with E-state index in [0.717, 1.165) is 35.1 Å². The van der Waals surface area contributed by atoms with Crippen LogP contribution in [0.3, 0.4) is 0 Å². The molecule has 2 aliphatic rings. The van der Waals surface area contributed by atoms with Crippen molar-refractivity contribution in [2.75, 3.05) is 13.2 Å². The maximum absolute atomic E-state index is 12.7. The molecule has 2 N–H and O–H groups in total. The van der Waals surface area contributed by atoms with E-state index in [1.807, 2.05) is 24.3 Å². The van der Waals surface area contributed by atoms with Crippen molar-refractivity contribution in [1.82, 2.24) is 5.32 Å². The molecule has 1 heterocycles. The second-order valence-electron chi connectivity index (χ2n) is 8.29. The molecular weight excluding hydrogens is 382 g/mol. The molecule has 30 heavy (non-hydrogen) atoms. The van der Waals surface area contributed by atoms with Gasteiger partial charge in [-0.25, -0.2) is 4.79 Å². The van der Waals surface area contributed by atoms with Gasteiger partial charge in [-0.1, -0.05) is 48.5 Å². The number of nitrogens with one attached hydrogen (secondary N) is 1. The Balaban J connectivity index is 1.47. The van der Waals surface area contributed by atoms with Crippen LogP contribution >= 0.6 is 0 Å². The third-order valence-corrected chi connectivity index (χ3v) is 6.14. The number of alkyl carbamates (subject to hydrolysis) is 1. The summed E-state index contributed by atoms with van der Waals surface area (Å²) in [5, 5.41) is 12.2. The summed E-state index contributed by atoms with van der Waals surface area (Å²) in [7, 11) is 0. The van der Waals surface area contributed by atoms with Gasteiger partial charge in [0, 0.05) is 12.5 Å². The predicted octanol–water partition coefficient (Wildman–Crippen LogP) is 4.33. The summed E-state index contributed by atoms with van der Waals surface area (Å²) in [6, 6.07) is 16.3. The molecule has 1 amide bonds. The zero-order valence-electron chi connectivity index (χ0n) is 17.1. The number of rotatable bonds is 6. The van der Waals surface area contributed by atoms with Crippen LogP contribution in [0.1, 0.15) is 49.7 Å². The van der Waals surface area contributed by atoms with Crippen LogP contribution in [0.15, 0.2) is 48.5 Å². The highest BCUT2D eigenvalue weighted by molar-refractivity contribution is 5.79. The van der Waals surface area contributed by atoms with Gasteiger partial charge in [0.05, 0.1) is 18.1 Å². The van der Waals surface area contributed by atoms with Gasteiger partial charge in [-0.2, -0.15) is 0 Å². The Labute approximate surface area is 176 Å². The SMILES string of the molecule is CC(CC(=O)O)(NC(=O)OCC1c2ccccc2-c2ccccc21)C1CCCCO1. The molecule has 6 heteroatoms. The number of carbonyl (C=O) groups is 2. The summed E-state index contributed by atoms with van der Waals surface area (Å²) in [4.78, 5) is 24.1. The number of carbonyl (C=O) groups excluding carboxylic acids is 1. The zero-order valence-corrected chi connectivity index (χ0v) is 17.1. The molecule has 2 unspecified atom stereocenters. The molecule has 4 rings (SSSR count). The van der Waals surface area contributed by atoms with Crippen molar-refractivity contribution < 1.29 is 24.2 Å². The molecule has 1 fully saturated rings. The highest BCUT2D eigenvalue weighted by atomic mass is 16.5. The van der Waals surface area contributed by atoms with Gasteiger partial charge in [0.1, 0.15) is 6.61 Å². The van der Waals surface area contributed by atoms with Crippen LogP contribution in [0.25, 0.3) is 11.1 Å². The smallest absolute Gasteiger partial charge is 0.407 e. The van der Waals surface area contributed by atoms with E-state index < -0.39 is 17.6 Å². The van der Waals surface area contributed by atoms with Crippen LogP contribution < -0.4 is 5.32 Å². The van der Waals surface area contributed by atoms with Crippen molar-refractivity contribution >= 4 is 12.1 Å². The van der Waals surface area contributed by atoms with Crippen molar-refractivity contribution in [2.24, 2.45) is 0 Å². The van der Waals surface area contributed by atoms with Crippen molar-refractivity contribution in [3.8, 4) is 11.1 Å². The van der Waals surface area contributed by atoms with E-state index in [1.54, 1.807) is 6.92 Å². The van der Waals surface area contributed by atoms with Crippen LogP contribution in [0.2, 0.25) is 0 Å². The number of carboxylic acid groups (broad SMARTS) is 1. The number of aliphatic carboxylic acids is 1. The highest BCUT2D eigenvalue weighted by Crippen LogP contribution is 2.44. The minimum atomic E-state index is -1.02. The molecule has 1 saturated heterocycles. The van der Waals surface area contributed by atoms with Crippen molar-refractivity contribution in [3.63, 3.8) is 0 Å². The van der Waals surface area contributed by atoms with E-state index in [-0.39, 0.29) is 25.0 Å². The first-order valence-corrected chi connectivity index (χ1v) is 10.4. The number of benzene rings is 2. The normalized spacial score (nSPS) is 20.0. The molecule has 6 nitrogen and oxygen atoms in total. The first-order valence-electron chi connectivity index (χ1n) is 10.4. The molecule has 158 valence electrons. The maximum atomic E-state index is 12.7. The largest absolute Gasteiger partial charge is 0.481 e. The molecule has 2 atom stereocenters. The van der Waals surface area contributed by atoms with Gasteiger partial charge < -0.3 is 19.9 Å². The monoisotopic (exact) mass is 409 g/mol. The lowest BCUT2D eigenvalue weighted by atomic mass is 9.86. The first-order chi connectivity index (χ1) is 14.5. The van der Waals surface area contributed by atoms with E-state index in [0.29, 0.717) is 13.0 Å². The van der Waals surface area contributed by atoms with Gasteiger partial charge in [-0.15, -0.1) is 0 Å². The average Bonchev–Trinajstić information content (AvgIpc) is 3.06. The molecule has 0 saturated carbocycles. The summed E-state index contributed by atoms with van der Waals surface area (Å²) in [6.07, 6.45) is 1.43. The molecule has 2 aromatic rings. The standard InChI is InChI=1S/C24H27NO5/c1-24(14-22(26)27,21-12-6-7-13-29-21)25-23(28)30-15-20-18-10-4-2-8-16(18)17-9-3-5-11-19(17)20/h2-5,8-11,20-21H,6-7,12-15H2,1H3,(H,25,28)(H,26,27). The van der Waals surface area contributed by atoms with Gasteiger partial charge in [-0.3, -0.25) is 4.79 Å². The molecule has 2 aromatic carbocycles. The van der Waals surface area contributed by atoms with Gasteiger partial charge in [0.15, 0.2) is 0 Å². The van der Waals surface area contributed by atoms with E-state index in [9.17, 15) is 14.7 Å². The van der Waals surface area contributed by atoms with Crippen LogP contribution in [0.5, 0.6) is 0 Å². The predicted molar refractivity (Wildman–Crippen MR) is 112 cm³/mol. The number of hydrogen-bond donors (Lipinski definition) is 2. The van der Waals surface area contributed by atoms with Crippen LogP contribution in [0.4, 0.5) is 4.79 Å². The van der Waals surface area contributed by atoms with Gasteiger partial charge in [-0.05, 0) is 48.4 Å². The minimum Gasteiger partial charge on any atom is -0.481 e. The topological polar surface area (TPSA) is 84.9 Å². The summed E-state index contributed by atoms with van der Waals surface area (Å²) in [5.41, 5.74) is 3.57. The van der Waals surface area contributed by atoms with Gasteiger partial charge in [0.25, 0.3) is 0 Å². The quantitative estimate of drug-likeness (QED) is 0.742. The van der Waals surface area contributed by atoms with Crippen LogP contribution in [-0.2, 0) is 14.3 Å². The summed E-state index contributed by atoms with van der Waals surface area (Å²) in [6.45, 7) is 2.49. The number of amides is 1. The fourth-order valence-corrected chi connectivity index (χ4v) is 4.66. The Kier molecular flexibility index (Phi) is 5.77. The fraction of sp³-hybridized carbons (Fsp3) is 0.417. The fourth-order valence-electron chi connectivity index (χ4n) is 4.66. The Bertz CT molecular complexity index is 891. The lowest BCUT2D eigenvalue weighted by Crippen LogP contribution is -2.57. The molecule has 0 bridgehead atoms. The Hall–Kier alpha value is -2.86. The van der Waals surface area contributed by atoms with Crippen LogP contribution in [-0.4, -0.2) is 42.0 Å². The Morgan fingerprint density at radius 1 is 1.10 bits per heavy atom. The van der Waals surface area contributed by atoms with Gasteiger partial charge in [0.2, 0.25) is 0 Å². The molecule has 1 aliphatic heterocycles. The lowest BCUT2D eigenvalue weighted by Gasteiger charge is -2.39. The third-order valence-electron chi connectivity index (χ3n) is 6.14. The summed E-state index contributed by atoms with van der Waals surface area (Å²) >= 11 is 0. The number of ether oxygens (including phenoxy) is 2. The van der Waals surface area contributed by atoms with Gasteiger partial charge >= 0.3 is 12.1 Å². The number of hydrogen-bond acceptors (Lipinski definition) is 4. The van der Waals surface area contributed by atoms with Crippen molar-refractivity contribution in [1.29, 1.82) is 0 Å². The lowest BCUT2D eigenvalue weighted by molar-refractivity contribution is -0.141. The highest BCUT2D eigenvalue weighted by Gasteiger charge is 2.40. The minimum absolute atomic E-state index is 0.0418. The summed E-state index contributed by atoms with van der Waals surface area (Å²) < 4.78 is 11.4. The third kappa shape index (κ3) is 4.05. The van der Waals surface area contributed by atoms with E-state index >= 15 is 0 Å².